The molecule has 0 unspecified atom stereocenters. The topological polar surface area (TPSA) is 49.9 Å². The number of likely N-dealkylation sites (tertiary alicyclic amines) is 2. The number of piperidine rings is 1. The summed E-state index contributed by atoms with van der Waals surface area (Å²) in [4.78, 5) is 28.1. The molecule has 3 heterocycles. The van der Waals surface area contributed by atoms with Gasteiger partial charge in [-0.05, 0) is 57.4 Å². The van der Waals surface area contributed by atoms with E-state index in [9.17, 15) is 14.0 Å². The number of hydrogen-bond acceptors (Lipinski definition) is 3. The molecule has 3 aliphatic heterocycles. The lowest BCUT2D eigenvalue weighted by atomic mass is 9.66. The van der Waals surface area contributed by atoms with Gasteiger partial charge in [-0.1, -0.05) is 24.2 Å². The Balaban J connectivity index is 1.57. The summed E-state index contributed by atoms with van der Waals surface area (Å²) in [5.74, 6) is -5.53. The van der Waals surface area contributed by atoms with Gasteiger partial charge in [0.1, 0.15) is 5.82 Å². The fourth-order valence-corrected chi connectivity index (χ4v) is 6.04. The number of amides is 2. The lowest BCUT2D eigenvalue weighted by molar-refractivity contribution is -0.233. The van der Waals surface area contributed by atoms with Crippen LogP contribution in [0.2, 0.25) is 5.02 Å². The van der Waals surface area contributed by atoms with E-state index in [2.05, 4.69) is 6.58 Å². The van der Waals surface area contributed by atoms with Crippen LogP contribution in [-0.2, 0) is 14.3 Å². The predicted octanol–water partition coefficient (Wildman–Crippen LogP) is 4.65. The zero-order valence-corrected chi connectivity index (χ0v) is 20.4. The van der Waals surface area contributed by atoms with Crippen molar-refractivity contribution in [2.24, 2.45) is 11.3 Å². The molecule has 5 nitrogen and oxygen atoms in total. The molecule has 0 radical (unpaired) electrons. The van der Waals surface area contributed by atoms with Crippen LogP contribution in [0.3, 0.4) is 0 Å². The van der Waals surface area contributed by atoms with E-state index in [1.165, 1.54) is 21.9 Å². The van der Waals surface area contributed by atoms with E-state index in [1.807, 2.05) is 13.8 Å². The fraction of sp³-hybridized carbons (Fsp3) is 0.600. The van der Waals surface area contributed by atoms with Crippen LogP contribution in [0.15, 0.2) is 30.9 Å². The minimum Gasteiger partial charge on any atom is -0.375 e. The van der Waals surface area contributed by atoms with Gasteiger partial charge in [0.2, 0.25) is 11.8 Å². The minimum atomic E-state index is -3.15. The summed E-state index contributed by atoms with van der Waals surface area (Å²) in [6.45, 7) is 8.22. The number of ether oxygens (including phenoxy) is 1. The average Bonchev–Trinajstić information content (AvgIpc) is 2.71. The summed E-state index contributed by atoms with van der Waals surface area (Å²) in [6.07, 6.45) is 1.65. The van der Waals surface area contributed by atoms with Gasteiger partial charge < -0.3 is 14.5 Å². The standard InChI is InChI=1S/C25H30ClF3N2O3/c1-5-21(32)30-12-24(13-30)9-15(2)31(14-25(24,28)29)22(33)19-11-34-23(3,4)10-18(19)17-7-6-16(27)8-20(17)26/h5-8,15,18-19H,1,9-14H2,2-4H3/t15-,18+,19-/m1/s1. The van der Waals surface area contributed by atoms with Gasteiger partial charge in [0.05, 0.1) is 30.1 Å². The molecular weight excluding hydrogens is 469 g/mol. The first-order valence-electron chi connectivity index (χ1n) is 11.5. The number of carbonyl (C=O) groups is 2. The number of nitrogens with zero attached hydrogens (tertiary/aromatic N) is 2. The molecule has 3 aliphatic rings. The second-order valence-corrected chi connectivity index (χ2v) is 11.0. The SMILES string of the molecule is C=CC(=O)N1CC2(C[C@@H](C)N(C(=O)[C@@H]3COC(C)(C)C[C@H]3c3ccc(F)cc3Cl)CC2(F)F)C1. The van der Waals surface area contributed by atoms with Crippen molar-refractivity contribution in [2.75, 3.05) is 26.2 Å². The van der Waals surface area contributed by atoms with Gasteiger partial charge in [-0.2, -0.15) is 0 Å². The molecule has 0 saturated carbocycles. The molecule has 3 saturated heterocycles. The summed E-state index contributed by atoms with van der Waals surface area (Å²) in [5, 5.41) is 0.206. The van der Waals surface area contributed by atoms with Crippen LogP contribution >= 0.6 is 11.6 Å². The largest absolute Gasteiger partial charge is 0.375 e. The normalized spacial score (nSPS) is 29.4. The van der Waals surface area contributed by atoms with E-state index in [0.29, 0.717) is 12.0 Å². The van der Waals surface area contributed by atoms with Crippen molar-refractivity contribution >= 4 is 23.4 Å². The van der Waals surface area contributed by atoms with Gasteiger partial charge in [0.25, 0.3) is 5.92 Å². The molecule has 2 amide bonds. The lowest BCUT2D eigenvalue weighted by Gasteiger charge is -2.59. The van der Waals surface area contributed by atoms with Gasteiger partial charge in [-0.3, -0.25) is 9.59 Å². The molecule has 0 aliphatic carbocycles. The summed E-state index contributed by atoms with van der Waals surface area (Å²) < 4.78 is 50.4. The van der Waals surface area contributed by atoms with Crippen LogP contribution in [0, 0.1) is 17.2 Å². The van der Waals surface area contributed by atoms with E-state index in [0.717, 1.165) is 6.08 Å². The highest BCUT2D eigenvalue weighted by Gasteiger charge is 2.65. The molecule has 34 heavy (non-hydrogen) atoms. The third kappa shape index (κ3) is 4.24. The van der Waals surface area contributed by atoms with Crippen molar-refractivity contribution in [3.8, 4) is 0 Å². The molecule has 186 valence electrons. The molecule has 1 aromatic carbocycles. The number of alkyl halides is 2. The highest BCUT2D eigenvalue weighted by atomic mass is 35.5. The summed E-state index contributed by atoms with van der Waals surface area (Å²) >= 11 is 6.34. The molecule has 4 rings (SSSR count). The molecule has 3 atom stereocenters. The predicted molar refractivity (Wildman–Crippen MR) is 122 cm³/mol. The van der Waals surface area contributed by atoms with Crippen LogP contribution in [0.5, 0.6) is 0 Å². The van der Waals surface area contributed by atoms with Crippen molar-refractivity contribution in [1.82, 2.24) is 9.80 Å². The van der Waals surface area contributed by atoms with Gasteiger partial charge in [-0.25, -0.2) is 13.2 Å². The third-order valence-electron chi connectivity index (χ3n) is 7.65. The highest BCUT2D eigenvalue weighted by Crippen LogP contribution is 2.52. The van der Waals surface area contributed by atoms with Crippen molar-refractivity contribution in [1.29, 1.82) is 0 Å². The monoisotopic (exact) mass is 498 g/mol. The molecule has 1 spiro atoms. The van der Waals surface area contributed by atoms with E-state index in [1.54, 1.807) is 13.0 Å². The Bertz CT molecular complexity index is 1010. The Kier molecular flexibility index (Phi) is 6.30. The van der Waals surface area contributed by atoms with Crippen LogP contribution in [0.25, 0.3) is 0 Å². The Morgan fingerprint density at radius 1 is 1.21 bits per heavy atom. The second kappa shape index (κ2) is 8.55. The maximum atomic E-state index is 15.4. The maximum absolute atomic E-state index is 15.4. The van der Waals surface area contributed by atoms with Gasteiger partial charge in [0.15, 0.2) is 0 Å². The minimum absolute atomic E-state index is 0.0498. The first kappa shape index (κ1) is 25.0. The van der Waals surface area contributed by atoms with Crippen LogP contribution in [-0.4, -0.2) is 65.4 Å². The van der Waals surface area contributed by atoms with E-state index in [-0.39, 0.29) is 37.0 Å². The van der Waals surface area contributed by atoms with Crippen LogP contribution in [0.1, 0.15) is 45.1 Å². The molecule has 0 aromatic heterocycles. The molecular formula is C25H30ClF3N2O3. The number of halogens is 4. The smallest absolute Gasteiger partial charge is 0.274 e. The Hall–Kier alpha value is -2.06. The van der Waals surface area contributed by atoms with E-state index < -0.39 is 53.1 Å². The van der Waals surface area contributed by atoms with Crippen molar-refractivity contribution in [3.63, 3.8) is 0 Å². The molecule has 0 bridgehead atoms. The van der Waals surface area contributed by atoms with Crippen molar-refractivity contribution in [2.45, 2.75) is 57.1 Å². The number of carbonyl (C=O) groups excluding carboxylic acids is 2. The van der Waals surface area contributed by atoms with E-state index in [4.69, 9.17) is 16.3 Å². The number of hydrogen-bond donors (Lipinski definition) is 0. The van der Waals surface area contributed by atoms with Gasteiger partial charge >= 0.3 is 0 Å². The second-order valence-electron chi connectivity index (χ2n) is 10.6. The Morgan fingerprint density at radius 2 is 1.88 bits per heavy atom. The first-order chi connectivity index (χ1) is 15.8. The number of benzene rings is 1. The average molecular weight is 499 g/mol. The van der Waals surface area contributed by atoms with Crippen molar-refractivity contribution in [3.05, 3.63) is 47.3 Å². The maximum Gasteiger partial charge on any atom is 0.274 e. The molecule has 9 heteroatoms. The first-order valence-corrected chi connectivity index (χ1v) is 11.9. The molecule has 1 aromatic rings. The lowest BCUT2D eigenvalue weighted by Crippen LogP contribution is -2.73. The van der Waals surface area contributed by atoms with Gasteiger partial charge in [0, 0.05) is 30.1 Å². The molecule has 0 N–H and O–H groups in total. The zero-order valence-electron chi connectivity index (χ0n) is 19.6. The van der Waals surface area contributed by atoms with E-state index >= 15 is 8.78 Å². The Labute approximate surface area is 202 Å². The summed E-state index contributed by atoms with van der Waals surface area (Å²) in [5.41, 5.74) is -1.27. The summed E-state index contributed by atoms with van der Waals surface area (Å²) in [6, 6.07) is 3.62. The quantitative estimate of drug-likeness (QED) is 0.570. The summed E-state index contributed by atoms with van der Waals surface area (Å²) in [7, 11) is 0. The Morgan fingerprint density at radius 3 is 2.50 bits per heavy atom. The van der Waals surface area contributed by atoms with Crippen LogP contribution in [0.4, 0.5) is 13.2 Å². The van der Waals surface area contributed by atoms with Crippen LogP contribution < -0.4 is 0 Å². The highest BCUT2D eigenvalue weighted by molar-refractivity contribution is 6.31. The fourth-order valence-electron chi connectivity index (χ4n) is 5.73. The van der Waals surface area contributed by atoms with Crippen molar-refractivity contribution < 1.29 is 27.5 Å². The molecule has 3 fully saturated rings. The number of rotatable bonds is 3. The third-order valence-corrected chi connectivity index (χ3v) is 7.98. The zero-order chi connectivity index (χ0) is 25.1. The van der Waals surface area contributed by atoms with Gasteiger partial charge in [-0.15, -0.1) is 0 Å².